The van der Waals surface area contributed by atoms with Crippen molar-refractivity contribution in [1.29, 1.82) is 0 Å². The summed E-state index contributed by atoms with van der Waals surface area (Å²) in [5.74, 6) is 1.20. The van der Waals surface area contributed by atoms with Gasteiger partial charge in [-0.15, -0.1) is 0 Å². The molecule has 0 saturated heterocycles. The molecule has 0 atom stereocenters. The van der Waals surface area contributed by atoms with E-state index in [4.69, 9.17) is 14.2 Å². The van der Waals surface area contributed by atoms with E-state index >= 15 is 0 Å². The normalized spacial score (nSPS) is 9.72. The van der Waals surface area contributed by atoms with Gasteiger partial charge in [-0.05, 0) is 58.7 Å². The zero-order chi connectivity index (χ0) is 27.6. The van der Waals surface area contributed by atoms with Crippen LogP contribution in [0.3, 0.4) is 0 Å². The Morgan fingerprint density at radius 2 is 1.21 bits per heavy atom. The number of methoxy groups -OCH3 is 1. The van der Waals surface area contributed by atoms with E-state index in [0.717, 1.165) is 38.7 Å². The van der Waals surface area contributed by atoms with Gasteiger partial charge in [0.2, 0.25) is 0 Å². The maximum Gasteiger partial charge on any atom is 0.189 e. The number of phenols is 1. The predicted octanol–water partition coefficient (Wildman–Crippen LogP) is 7.89. The zero-order valence-electron chi connectivity index (χ0n) is 21.5. The highest BCUT2D eigenvalue weighted by molar-refractivity contribution is 9.10. The van der Waals surface area contributed by atoms with Gasteiger partial charge in [-0.25, -0.2) is 0 Å². The van der Waals surface area contributed by atoms with Gasteiger partial charge in [0.15, 0.2) is 6.79 Å². The Hall–Kier alpha value is -1.85. The molecule has 0 aliphatic carbocycles. The molecule has 4 nitrogen and oxygen atoms in total. The number of ether oxygens (including phenoxy) is 3. The molecule has 208 valence electrons. The largest absolute Gasteiger partial charge is 0.508 e. The van der Waals surface area contributed by atoms with E-state index in [1.54, 1.807) is 13.2 Å². The van der Waals surface area contributed by atoms with Gasteiger partial charge >= 0.3 is 0 Å². The van der Waals surface area contributed by atoms with E-state index in [1.165, 1.54) is 11.1 Å². The third kappa shape index (κ3) is 13.9. The van der Waals surface area contributed by atoms with E-state index in [9.17, 15) is 5.11 Å². The highest BCUT2D eigenvalue weighted by atomic mass is 79.9. The fraction of sp³-hybridized carbons (Fsp3) is 0.200. The van der Waals surface area contributed by atoms with Crippen LogP contribution >= 0.6 is 45.4 Å². The molecule has 4 rings (SSSR count). The van der Waals surface area contributed by atoms with Crippen molar-refractivity contribution in [1.82, 2.24) is 0 Å². The number of aromatic hydroxyl groups is 1. The molecule has 1 N–H and O–H groups in total. The Labute approximate surface area is 265 Å². The van der Waals surface area contributed by atoms with Crippen LogP contribution in [0.15, 0.2) is 106 Å². The summed E-state index contributed by atoms with van der Waals surface area (Å²) in [5.41, 5.74) is 4.52. The first-order valence-electron chi connectivity index (χ1n) is 11.7. The van der Waals surface area contributed by atoms with Crippen LogP contribution in [0.1, 0.15) is 22.3 Å². The SMILES string of the molecule is COCCOCOc1ccc(Br)cc1Cc1ccccc1.Oc1ccc(Br)cc1Cc1ccccc1.S.S=S. The molecule has 0 aliphatic rings. The molecule has 0 unspecified atom stereocenters. The maximum atomic E-state index is 9.68. The van der Waals surface area contributed by atoms with Crippen molar-refractivity contribution < 1.29 is 19.3 Å². The number of halogens is 2. The van der Waals surface area contributed by atoms with Crippen LogP contribution in [0.4, 0.5) is 0 Å². The van der Waals surface area contributed by atoms with Crippen LogP contribution in [0.2, 0.25) is 0 Å². The van der Waals surface area contributed by atoms with Gasteiger partial charge in [0, 0.05) is 51.3 Å². The molecule has 0 fully saturated rings. The molecule has 4 aromatic rings. The first-order chi connectivity index (χ1) is 18.5. The molecular formula is C30H32Br2O4S3. The average molecular weight is 713 g/mol. The van der Waals surface area contributed by atoms with Gasteiger partial charge in [0.05, 0.1) is 13.2 Å². The third-order valence-electron chi connectivity index (χ3n) is 5.27. The molecule has 0 aliphatic heterocycles. The molecule has 0 aromatic heterocycles. The van der Waals surface area contributed by atoms with Crippen LogP contribution in [-0.2, 0) is 44.7 Å². The molecule has 0 amide bonds. The Morgan fingerprint density at radius 1 is 0.692 bits per heavy atom. The van der Waals surface area contributed by atoms with Crippen molar-refractivity contribution >= 4 is 67.7 Å². The van der Waals surface area contributed by atoms with Crippen molar-refractivity contribution in [2.45, 2.75) is 12.8 Å². The molecule has 0 radical (unpaired) electrons. The fourth-order valence-electron chi connectivity index (χ4n) is 3.46. The van der Waals surface area contributed by atoms with Crippen molar-refractivity contribution in [2.75, 3.05) is 27.1 Å². The molecule has 0 heterocycles. The predicted molar refractivity (Wildman–Crippen MR) is 177 cm³/mol. The lowest BCUT2D eigenvalue weighted by atomic mass is 10.0. The van der Waals surface area contributed by atoms with Crippen LogP contribution in [-0.4, -0.2) is 32.2 Å². The number of hydrogen-bond acceptors (Lipinski definition) is 6. The molecule has 9 heteroatoms. The minimum atomic E-state index is 0. The van der Waals surface area contributed by atoms with Crippen molar-refractivity contribution in [3.8, 4) is 11.5 Å². The second kappa shape index (κ2) is 21.0. The third-order valence-corrected chi connectivity index (χ3v) is 6.25. The van der Waals surface area contributed by atoms with E-state index in [0.29, 0.717) is 19.0 Å². The molecule has 4 aromatic carbocycles. The summed E-state index contributed by atoms with van der Waals surface area (Å²) in [4.78, 5) is 0. The highest BCUT2D eigenvalue weighted by Crippen LogP contribution is 2.26. The van der Waals surface area contributed by atoms with Gasteiger partial charge in [-0.3, -0.25) is 0 Å². The summed E-state index contributed by atoms with van der Waals surface area (Å²) < 4.78 is 18.0. The number of hydrogen-bond donors (Lipinski definition) is 1. The smallest absolute Gasteiger partial charge is 0.189 e. The first-order valence-corrected chi connectivity index (χ1v) is 14.7. The van der Waals surface area contributed by atoms with Gasteiger partial charge < -0.3 is 19.3 Å². The summed E-state index contributed by atoms with van der Waals surface area (Å²) in [7, 11) is 1.65. The molecule has 39 heavy (non-hydrogen) atoms. The Morgan fingerprint density at radius 3 is 1.77 bits per heavy atom. The van der Waals surface area contributed by atoms with Gasteiger partial charge in [-0.2, -0.15) is 13.5 Å². The van der Waals surface area contributed by atoms with E-state index in [2.05, 4.69) is 84.6 Å². The summed E-state index contributed by atoms with van der Waals surface area (Å²) in [6.07, 6.45) is 1.58. The van der Waals surface area contributed by atoms with Crippen molar-refractivity contribution in [3.05, 3.63) is 128 Å². The average Bonchev–Trinajstić information content (AvgIpc) is 2.94. The van der Waals surface area contributed by atoms with Gasteiger partial charge in [0.25, 0.3) is 0 Å². The van der Waals surface area contributed by atoms with E-state index in [1.807, 2.05) is 60.7 Å². The number of rotatable bonds is 10. The zero-order valence-corrected chi connectivity index (χ0v) is 27.3. The molecule has 0 spiro atoms. The standard InChI is InChI=1S/C17H19BrO3.C13H11BrO.S2.H2S/c1-19-9-10-20-13-21-17-8-7-16(18)12-15(17)11-14-5-3-2-4-6-14;14-12-6-7-13(15)11(9-12)8-10-4-2-1-3-5-10;1-2;/h2-8,12H,9-11,13H2,1H3;1-7,9,15H,8H2;;1H2. The second-order valence-electron chi connectivity index (χ2n) is 8.01. The monoisotopic (exact) mass is 710 g/mol. The summed E-state index contributed by atoms with van der Waals surface area (Å²) in [6, 6.07) is 31.9. The number of phenolic OH excluding ortho intramolecular Hbond substituents is 1. The number of benzene rings is 4. The van der Waals surface area contributed by atoms with Crippen LogP contribution in [0.5, 0.6) is 11.5 Å². The molecule has 0 bridgehead atoms. The Kier molecular flexibility index (Phi) is 18.9. The van der Waals surface area contributed by atoms with Gasteiger partial charge in [-0.1, -0.05) is 92.5 Å². The van der Waals surface area contributed by atoms with Gasteiger partial charge in [0.1, 0.15) is 11.5 Å². The Bertz CT molecular complexity index is 1220. The second-order valence-corrected chi connectivity index (χ2v) is 9.84. The van der Waals surface area contributed by atoms with Crippen molar-refractivity contribution in [2.24, 2.45) is 0 Å². The minimum absolute atomic E-state index is 0. The summed E-state index contributed by atoms with van der Waals surface area (Å²) >= 11 is 14.2. The first kappa shape index (κ1) is 35.2. The van der Waals surface area contributed by atoms with E-state index in [-0.39, 0.29) is 20.3 Å². The van der Waals surface area contributed by atoms with Crippen molar-refractivity contribution in [3.63, 3.8) is 0 Å². The maximum absolute atomic E-state index is 9.68. The summed E-state index contributed by atoms with van der Waals surface area (Å²) in [6.45, 7) is 1.33. The summed E-state index contributed by atoms with van der Waals surface area (Å²) in [5, 5.41) is 9.68. The highest BCUT2D eigenvalue weighted by Gasteiger charge is 2.06. The minimum Gasteiger partial charge on any atom is -0.508 e. The lowest BCUT2D eigenvalue weighted by Crippen LogP contribution is -2.08. The fourth-order valence-corrected chi connectivity index (χ4v) is 4.28. The lowest BCUT2D eigenvalue weighted by molar-refractivity contribution is -0.00883. The van der Waals surface area contributed by atoms with Crippen LogP contribution in [0.25, 0.3) is 0 Å². The molecule has 0 saturated carbocycles. The molecular weight excluding hydrogens is 680 g/mol. The topological polar surface area (TPSA) is 47.9 Å². The van der Waals surface area contributed by atoms with E-state index < -0.39 is 0 Å². The van der Waals surface area contributed by atoms with Crippen LogP contribution in [0, 0.1) is 0 Å². The lowest BCUT2D eigenvalue weighted by Gasteiger charge is -2.12. The quantitative estimate of drug-likeness (QED) is 0.133. The van der Waals surface area contributed by atoms with Crippen LogP contribution < -0.4 is 4.74 Å². The Balaban J connectivity index is 0.000000374.